The van der Waals surface area contributed by atoms with Crippen molar-refractivity contribution in [3.63, 3.8) is 0 Å². The van der Waals surface area contributed by atoms with E-state index in [9.17, 15) is 9.18 Å². The van der Waals surface area contributed by atoms with Gasteiger partial charge in [0.1, 0.15) is 5.69 Å². The third-order valence-corrected chi connectivity index (χ3v) is 1.11. The number of hydrogen-bond acceptors (Lipinski definition) is 2. The van der Waals surface area contributed by atoms with Crippen molar-refractivity contribution in [1.29, 1.82) is 0 Å². The zero-order valence-corrected chi connectivity index (χ0v) is 5.60. The number of carbonyl (C=O) groups is 1. The standard InChI is InChI=1S/C6H3ClFNO.CH4/c7-6(10)4-2-1-3-5(8)9-4;/h1-3H;1H4. The molecular formula is C7H7ClFNO. The Kier molecular flexibility index (Phi) is 3.68. The van der Waals surface area contributed by atoms with Crippen molar-refractivity contribution in [2.45, 2.75) is 7.43 Å². The van der Waals surface area contributed by atoms with E-state index in [-0.39, 0.29) is 13.1 Å². The topological polar surface area (TPSA) is 30.0 Å². The largest absolute Gasteiger partial charge is 0.274 e. The van der Waals surface area contributed by atoms with Crippen molar-refractivity contribution >= 4 is 16.8 Å². The minimum Gasteiger partial charge on any atom is -0.274 e. The molecule has 1 rings (SSSR count). The lowest BCUT2D eigenvalue weighted by Gasteiger charge is -1.89. The number of nitrogens with zero attached hydrogens (tertiary/aromatic N) is 1. The summed E-state index contributed by atoms with van der Waals surface area (Å²) >= 11 is 5.01. The average Bonchev–Trinajstić information content (AvgIpc) is 1.88. The molecule has 4 heteroatoms. The first-order chi connectivity index (χ1) is 4.70. The first-order valence-electron chi connectivity index (χ1n) is 2.52. The van der Waals surface area contributed by atoms with E-state index >= 15 is 0 Å². The quantitative estimate of drug-likeness (QED) is 0.484. The normalized spacial score (nSPS) is 8.55. The molecule has 0 amide bonds. The van der Waals surface area contributed by atoms with Gasteiger partial charge in [0.15, 0.2) is 0 Å². The van der Waals surface area contributed by atoms with Crippen LogP contribution in [0.4, 0.5) is 4.39 Å². The SMILES string of the molecule is C.O=C(Cl)c1cccc(F)n1. The summed E-state index contributed by atoms with van der Waals surface area (Å²) in [5.41, 5.74) is -0.0679. The van der Waals surface area contributed by atoms with Crippen molar-refractivity contribution in [1.82, 2.24) is 4.98 Å². The number of rotatable bonds is 1. The molecule has 0 spiro atoms. The van der Waals surface area contributed by atoms with Crippen LogP contribution in [0.5, 0.6) is 0 Å². The Balaban J connectivity index is 0.000001000. The Hall–Kier alpha value is -0.960. The minimum atomic E-state index is -0.750. The number of carbonyl (C=O) groups excluding carboxylic acids is 1. The van der Waals surface area contributed by atoms with Crippen LogP contribution in [0.2, 0.25) is 0 Å². The molecule has 0 bridgehead atoms. The molecule has 0 N–H and O–H groups in total. The molecule has 0 aliphatic carbocycles. The first-order valence-corrected chi connectivity index (χ1v) is 2.90. The maximum atomic E-state index is 12.2. The van der Waals surface area contributed by atoms with Gasteiger partial charge in [-0.15, -0.1) is 0 Å². The highest BCUT2D eigenvalue weighted by atomic mass is 35.5. The highest BCUT2D eigenvalue weighted by molar-refractivity contribution is 6.67. The predicted octanol–water partition coefficient (Wildman–Crippen LogP) is 2.24. The Labute approximate surface area is 69.0 Å². The van der Waals surface area contributed by atoms with E-state index in [2.05, 4.69) is 4.98 Å². The molecule has 0 saturated heterocycles. The maximum Gasteiger partial charge on any atom is 0.270 e. The lowest BCUT2D eigenvalue weighted by atomic mass is 10.4. The molecule has 0 aliphatic rings. The van der Waals surface area contributed by atoms with Gasteiger partial charge in [-0.05, 0) is 23.7 Å². The van der Waals surface area contributed by atoms with Crippen molar-refractivity contribution in [3.8, 4) is 0 Å². The molecular weight excluding hydrogens is 169 g/mol. The molecule has 0 aliphatic heterocycles. The lowest BCUT2D eigenvalue weighted by Crippen LogP contribution is -1.94. The summed E-state index contributed by atoms with van der Waals surface area (Å²) in [4.78, 5) is 13.6. The first kappa shape index (κ1) is 10.0. The lowest BCUT2D eigenvalue weighted by molar-refractivity contribution is 0.107. The number of pyridine rings is 1. The van der Waals surface area contributed by atoms with Gasteiger partial charge in [-0.25, -0.2) is 4.98 Å². The minimum absolute atomic E-state index is 0. The van der Waals surface area contributed by atoms with Crippen LogP contribution in [-0.4, -0.2) is 10.2 Å². The van der Waals surface area contributed by atoms with Crippen molar-refractivity contribution in [2.24, 2.45) is 0 Å². The summed E-state index contributed by atoms with van der Waals surface area (Å²) < 4.78 is 12.2. The van der Waals surface area contributed by atoms with Crippen LogP contribution in [0, 0.1) is 5.95 Å². The molecule has 0 fully saturated rings. The third kappa shape index (κ3) is 2.63. The van der Waals surface area contributed by atoms with Crippen LogP contribution in [0.15, 0.2) is 18.2 Å². The van der Waals surface area contributed by atoms with Crippen LogP contribution in [0.1, 0.15) is 17.9 Å². The van der Waals surface area contributed by atoms with Crippen LogP contribution in [0.3, 0.4) is 0 Å². The van der Waals surface area contributed by atoms with E-state index in [1.165, 1.54) is 12.1 Å². The van der Waals surface area contributed by atoms with E-state index in [4.69, 9.17) is 11.6 Å². The summed E-state index contributed by atoms with van der Waals surface area (Å²) in [7, 11) is 0. The Morgan fingerprint density at radius 1 is 1.55 bits per heavy atom. The summed E-state index contributed by atoms with van der Waals surface area (Å²) in [6, 6.07) is 3.86. The second-order valence-electron chi connectivity index (χ2n) is 1.62. The summed E-state index contributed by atoms with van der Waals surface area (Å²) in [6.07, 6.45) is 0. The Morgan fingerprint density at radius 2 is 2.18 bits per heavy atom. The van der Waals surface area contributed by atoms with Gasteiger partial charge in [0.05, 0.1) is 0 Å². The smallest absolute Gasteiger partial charge is 0.270 e. The molecule has 11 heavy (non-hydrogen) atoms. The predicted molar refractivity (Wildman–Crippen MR) is 41.1 cm³/mol. The Bertz CT molecular complexity index is 264. The third-order valence-electron chi connectivity index (χ3n) is 0.916. The molecule has 1 aromatic rings. The van der Waals surface area contributed by atoms with Gasteiger partial charge in [0.2, 0.25) is 5.95 Å². The van der Waals surface area contributed by atoms with Crippen molar-refractivity contribution < 1.29 is 9.18 Å². The van der Waals surface area contributed by atoms with E-state index in [1.54, 1.807) is 0 Å². The molecule has 0 unspecified atom stereocenters. The van der Waals surface area contributed by atoms with Gasteiger partial charge in [-0.2, -0.15) is 4.39 Å². The van der Waals surface area contributed by atoms with Crippen LogP contribution < -0.4 is 0 Å². The second kappa shape index (κ2) is 4.03. The van der Waals surface area contributed by atoms with Crippen LogP contribution in [0.25, 0.3) is 0 Å². The molecule has 0 atom stereocenters. The fourth-order valence-corrected chi connectivity index (χ4v) is 0.623. The van der Waals surface area contributed by atoms with Crippen LogP contribution in [-0.2, 0) is 0 Å². The van der Waals surface area contributed by atoms with Gasteiger partial charge in [-0.3, -0.25) is 4.79 Å². The van der Waals surface area contributed by atoms with Gasteiger partial charge >= 0.3 is 0 Å². The average molecular weight is 176 g/mol. The van der Waals surface area contributed by atoms with E-state index in [1.807, 2.05) is 0 Å². The number of halogens is 2. The summed E-state index contributed by atoms with van der Waals surface area (Å²) in [5, 5.41) is -0.750. The zero-order chi connectivity index (χ0) is 7.56. The fourth-order valence-electron chi connectivity index (χ4n) is 0.518. The van der Waals surface area contributed by atoms with Gasteiger partial charge < -0.3 is 0 Å². The summed E-state index contributed by atoms with van der Waals surface area (Å²) in [5.74, 6) is -0.702. The second-order valence-corrected chi connectivity index (χ2v) is 1.96. The molecule has 60 valence electrons. The highest BCUT2D eigenvalue weighted by Crippen LogP contribution is 2.00. The van der Waals surface area contributed by atoms with Crippen molar-refractivity contribution in [2.75, 3.05) is 0 Å². The monoisotopic (exact) mass is 175 g/mol. The van der Waals surface area contributed by atoms with E-state index in [0.29, 0.717) is 0 Å². The molecule has 2 nitrogen and oxygen atoms in total. The summed E-state index contributed by atoms with van der Waals surface area (Å²) in [6.45, 7) is 0. The van der Waals surface area contributed by atoms with E-state index < -0.39 is 11.2 Å². The molecule has 0 radical (unpaired) electrons. The number of aromatic nitrogens is 1. The number of hydrogen-bond donors (Lipinski definition) is 0. The zero-order valence-electron chi connectivity index (χ0n) is 4.84. The van der Waals surface area contributed by atoms with Gasteiger partial charge in [0, 0.05) is 0 Å². The Morgan fingerprint density at radius 3 is 2.55 bits per heavy atom. The fraction of sp³-hybridized carbons (Fsp3) is 0.143. The maximum absolute atomic E-state index is 12.2. The van der Waals surface area contributed by atoms with Gasteiger partial charge in [0.25, 0.3) is 5.24 Å². The molecule has 1 heterocycles. The van der Waals surface area contributed by atoms with Crippen molar-refractivity contribution in [3.05, 3.63) is 29.8 Å². The van der Waals surface area contributed by atoms with Crippen LogP contribution >= 0.6 is 11.6 Å². The highest BCUT2D eigenvalue weighted by Gasteiger charge is 2.02. The molecule has 0 aromatic carbocycles. The van der Waals surface area contributed by atoms with Gasteiger partial charge in [-0.1, -0.05) is 13.5 Å². The molecule has 1 aromatic heterocycles. The molecule has 0 saturated carbocycles. The van der Waals surface area contributed by atoms with E-state index in [0.717, 1.165) is 6.07 Å².